The first-order chi connectivity index (χ1) is 14.7. The summed E-state index contributed by atoms with van der Waals surface area (Å²) < 4.78 is 40.1. The van der Waals surface area contributed by atoms with Gasteiger partial charge in [-0.2, -0.15) is 0 Å². The lowest BCUT2D eigenvalue weighted by Crippen LogP contribution is -2.26. The first-order valence-corrected chi connectivity index (χ1v) is 12.4. The molecule has 11 heteroatoms. The Morgan fingerprint density at radius 2 is 2.10 bits per heavy atom. The van der Waals surface area contributed by atoms with Gasteiger partial charge in [0.1, 0.15) is 17.7 Å². The Kier molecular flexibility index (Phi) is 6.02. The van der Waals surface area contributed by atoms with Crippen molar-refractivity contribution >= 4 is 39.1 Å². The molecular weight excluding hydrogens is 443 g/mol. The van der Waals surface area contributed by atoms with E-state index >= 15 is 0 Å². The van der Waals surface area contributed by atoms with Crippen molar-refractivity contribution in [2.24, 2.45) is 10.9 Å². The molecule has 2 aromatic rings. The number of aliphatic imine (C=N–C) groups is 1. The molecule has 0 saturated heterocycles. The van der Waals surface area contributed by atoms with Crippen molar-refractivity contribution < 1.29 is 12.8 Å². The number of aromatic nitrogens is 2. The highest BCUT2D eigenvalue weighted by atomic mass is 35.5. The number of anilines is 2. The summed E-state index contributed by atoms with van der Waals surface area (Å²) in [5.41, 5.74) is 1.07. The summed E-state index contributed by atoms with van der Waals surface area (Å²) in [7, 11) is -3.63. The highest BCUT2D eigenvalue weighted by Crippen LogP contribution is 2.44. The largest absolute Gasteiger partial charge is 0.363 e. The van der Waals surface area contributed by atoms with Crippen LogP contribution in [0.3, 0.4) is 0 Å². The van der Waals surface area contributed by atoms with Crippen LogP contribution in [0.4, 0.5) is 16.0 Å². The normalized spacial score (nSPS) is 20.8. The third-order valence-corrected chi connectivity index (χ3v) is 6.08. The molecule has 3 N–H and O–H groups in total. The van der Waals surface area contributed by atoms with Gasteiger partial charge in [0.05, 0.1) is 28.7 Å². The number of nitrogens with one attached hydrogen (secondary N) is 3. The zero-order valence-corrected chi connectivity index (χ0v) is 18.8. The Bertz CT molecular complexity index is 1120. The number of sulfonamides is 1. The maximum absolute atomic E-state index is 14.4. The first kappa shape index (κ1) is 21.8. The zero-order chi connectivity index (χ0) is 22.2. The van der Waals surface area contributed by atoms with Crippen LogP contribution < -0.4 is 15.4 Å². The quantitative estimate of drug-likeness (QED) is 0.548. The van der Waals surface area contributed by atoms with E-state index in [0.717, 1.165) is 44.0 Å². The number of hydrogen-bond acceptors (Lipinski definition) is 7. The Morgan fingerprint density at radius 1 is 1.32 bits per heavy atom. The predicted molar refractivity (Wildman–Crippen MR) is 119 cm³/mol. The van der Waals surface area contributed by atoms with Crippen molar-refractivity contribution in [3.05, 3.63) is 46.5 Å². The van der Waals surface area contributed by atoms with Gasteiger partial charge < -0.3 is 10.6 Å². The fourth-order valence-corrected chi connectivity index (χ4v) is 4.42. The van der Waals surface area contributed by atoms with Crippen LogP contribution in [-0.2, 0) is 10.0 Å². The second-order valence-corrected chi connectivity index (χ2v) is 9.94. The summed E-state index contributed by atoms with van der Waals surface area (Å²) >= 11 is 6.53. The lowest BCUT2D eigenvalue weighted by molar-refractivity contribution is 0.549. The van der Waals surface area contributed by atoms with Gasteiger partial charge in [0, 0.05) is 24.2 Å². The van der Waals surface area contributed by atoms with Gasteiger partial charge in [-0.3, -0.25) is 9.71 Å². The van der Waals surface area contributed by atoms with Crippen LogP contribution in [0.2, 0.25) is 5.02 Å². The minimum atomic E-state index is -3.63. The third kappa shape index (κ3) is 5.07. The topological polar surface area (TPSA) is 108 Å². The van der Waals surface area contributed by atoms with E-state index in [1.54, 1.807) is 12.3 Å². The van der Waals surface area contributed by atoms with E-state index in [4.69, 9.17) is 16.6 Å². The van der Waals surface area contributed by atoms with Gasteiger partial charge >= 0.3 is 0 Å². The number of benzene rings is 1. The maximum atomic E-state index is 14.4. The van der Waals surface area contributed by atoms with Gasteiger partial charge in [-0.25, -0.2) is 22.8 Å². The Labute approximate surface area is 185 Å². The molecule has 2 heterocycles. The smallest absolute Gasteiger partial charge is 0.229 e. The molecular formula is C20H24ClFN6O2S. The summed E-state index contributed by atoms with van der Waals surface area (Å²) in [6.07, 6.45) is 5.66. The molecule has 1 aliphatic heterocycles. The number of halogens is 2. The standard InChI is InChI=1S/C20H24ClFN6O2S/c1-3-7-23-20-24-8-6-14(25-20)18-17(26-19(27-18)11-4-5-11)13-9-12(22)10-15(16(13)21)28-31(2,29)30/h6,8-11,17-18,28H,3-5,7H2,1-2H3,(H,26,27)(H,23,24,25). The van der Waals surface area contributed by atoms with E-state index in [-0.39, 0.29) is 16.8 Å². The molecule has 2 atom stereocenters. The molecule has 1 aromatic heterocycles. The van der Waals surface area contributed by atoms with Gasteiger partial charge in [0.15, 0.2) is 0 Å². The van der Waals surface area contributed by atoms with Gasteiger partial charge in [-0.1, -0.05) is 18.5 Å². The number of rotatable bonds is 8. The third-order valence-electron chi connectivity index (χ3n) is 5.07. The van der Waals surface area contributed by atoms with Gasteiger partial charge in [-0.15, -0.1) is 0 Å². The zero-order valence-electron chi connectivity index (χ0n) is 17.2. The van der Waals surface area contributed by atoms with Crippen molar-refractivity contribution in [3.8, 4) is 0 Å². The van der Waals surface area contributed by atoms with Crippen LogP contribution in [0.25, 0.3) is 0 Å². The van der Waals surface area contributed by atoms with E-state index in [1.807, 2.05) is 0 Å². The highest BCUT2D eigenvalue weighted by Gasteiger charge is 2.40. The Morgan fingerprint density at radius 3 is 2.77 bits per heavy atom. The van der Waals surface area contributed by atoms with Crippen molar-refractivity contribution in [2.45, 2.75) is 38.3 Å². The fraction of sp³-hybridized carbons (Fsp3) is 0.450. The molecule has 0 bridgehead atoms. The molecule has 2 unspecified atom stereocenters. The summed E-state index contributed by atoms with van der Waals surface area (Å²) in [5.74, 6) is 1.08. The fourth-order valence-electron chi connectivity index (χ4n) is 3.53. The number of hydrogen-bond donors (Lipinski definition) is 3. The molecule has 4 rings (SSSR count). The minimum Gasteiger partial charge on any atom is -0.363 e. The van der Waals surface area contributed by atoms with Crippen LogP contribution in [0.15, 0.2) is 29.4 Å². The van der Waals surface area contributed by atoms with E-state index in [9.17, 15) is 12.8 Å². The molecule has 0 spiro atoms. The SMILES string of the molecule is CCCNc1nccc(C2NC(C3CC3)=NC2c2cc(F)cc(NS(C)(=O)=O)c2Cl)n1. The molecule has 166 valence electrons. The predicted octanol–water partition coefficient (Wildman–Crippen LogP) is 3.66. The van der Waals surface area contributed by atoms with Crippen molar-refractivity contribution in [1.82, 2.24) is 15.3 Å². The van der Waals surface area contributed by atoms with Crippen molar-refractivity contribution in [3.63, 3.8) is 0 Å². The van der Waals surface area contributed by atoms with Crippen LogP contribution in [0.5, 0.6) is 0 Å². The Balaban J connectivity index is 1.74. The van der Waals surface area contributed by atoms with E-state index in [0.29, 0.717) is 23.1 Å². The minimum absolute atomic E-state index is 0.0130. The lowest BCUT2D eigenvalue weighted by Gasteiger charge is -2.21. The van der Waals surface area contributed by atoms with Gasteiger partial charge in [0.25, 0.3) is 0 Å². The number of amidine groups is 1. The van der Waals surface area contributed by atoms with Crippen LogP contribution >= 0.6 is 11.6 Å². The molecule has 2 aliphatic rings. The van der Waals surface area contributed by atoms with Gasteiger partial charge in [0.2, 0.25) is 16.0 Å². The van der Waals surface area contributed by atoms with Crippen LogP contribution in [-0.4, -0.2) is 37.0 Å². The average Bonchev–Trinajstić information content (AvgIpc) is 3.47. The highest BCUT2D eigenvalue weighted by molar-refractivity contribution is 7.92. The van der Waals surface area contributed by atoms with Crippen molar-refractivity contribution in [1.29, 1.82) is 0 Å². The van der Waals surface area contributed by atoms with Crippen LogP contribution in [0.1, 0.15) is 49.5 Å². The van der Waals surface area contributed by atoms with E-state index in [2.05, 4.69) is 32.2 Å². The first-order valence-electron chi connectivity index (χ1n) is 10.1. The Hall–Kier alpha value is -2.46. The molecule has 1 aliphatic carbocycles. The average molecular weight is 467 g/mol. The number of nitrogens with zero attached hydrogens (tertiary/aromatic N) is 3. The van der Waals surface area contributed by atoms with Crippen LogP contribution in [0, 0.1) is 11.7 Å². The maximum Gasteiger partial charge on any atom is 0.229 e. The summed E-state index contributed by atoms with van der Waals surface area (Å²) in [6.45, 7) is 2.79. The monoisotopic (exact) mass is 466 g/mol. The molecule has 1 aromatic carbocycles. The molecule has 31 heavy (non-hydrogen) atoms. The second kappa shape index (κ2) is 8.58. The summed E-state index contributed by atoms with van der Waals surface area (Å²) in [4.78, 5) is 13.7. The van der Waals surface area contributed by atoms with Crippen molar-refractivity contribution in [2.75, 3.05) is 22.8 Å². The summed E-state index contributed by atoms with van der Waals surface area (Å²) in [6, 6.07) is 3.20. The molecule has 0 radical (unpaired) electrons. The molecule has 1 saturated carbocycles. The molecule has 8 nitrogen and oxygen atoms in total. The van der Waals surface area contributed by atoms with E-state index in [1.165, 1.54) is 6.07 Å². The molecule has 0 amide bonds. The second-order valence-electron chi connectivity index (χ2n) is 7.82. The molecule has 1 fully saturated rings. The van der Waals surface area contributed by atoms with Gasteiger partial charge in [-0.05, 0) is 37.5 Å². The van der Waals surface area contributed by atoms with E-state index < -0.39 is 21.9 Å². The summed E-state index contributed by atoms with van der Waals surface area (Å²) in [5, 5.41) is 6.71. The lowest BCUT2D eigenvalue weighted by atomic mass is 9.97.